The summed E-state index contributed by atoms with van der Waals surface area (Å²) in [5, 5.41) is 17.6. The quantitative estimate of drug-likeness (QED) is 0.116. The maximum Gasteiger partial charge on any atom is 0.435 e. The number of alkyl halides is 3. The third-order valence-electron chi connectivity index (χ3n) is 10.6. The van der Waals surface area contributed by atoms with E-state index in [4.69, 9.17) is 23.1 Å². The average Bonchev–Trinajstić information content (AvgIpc) is 3.78. The van der Waals surface area contributed by atoms with Gasteiger partial charge in [0, 0.05) is 50.0 Å². The first-order valence-electron chi connectivity index (χ1n) is 18.2. The maximum atomic E-state index is 14.6. The number of aliphatic carboxylic acids is 1. The van der Waals surface area contributed by atoms with E-state index in [0.717, 1.165) is 27.7 Å². The summed E-state index contributed by atoms with van der Waals surface area (Å²) >= 11 is 6.51. The number of rotatable bonds is 11. The van der Waals surface area contributed by atoms with Gasteiger partial charge in [-0.05, 0) is 55.8 Å². The third kappa shape index (κ3) is 8.89. The van der Waals surface area contributed by atoms with Crippen LogP contribution >= 0.6 is 11.6 Å². The summed E-state index contributed by atoms with van der Waals surface area (Å²) in [6.07, 6.45) is -1.33. The Kier molecular flexibility index (Phi) is 11.9. The number of nitrogens with one attached hydrogen (secondary N) is 1. The van der Waals surface area contributed by atoms with E-state index >= 15 is 0 Å². The highest BCUT2D eigenvalue weighted by Crippen LogP contribution is 2.37. The van der Waals surface area contributed by atoms with E-state index in [2.05, 4.69) is 15.4 Å². The number of carboxylic acids is 1. The van der Waals surface area contributed by atoms with Crippen LogP contribution in [0.1, 0.15) is 45.9 Å². The molecule has 57 heavy (non-hydrogen) atoms. The Morgan fingerprint density at radius 3 is 2.35 bits per heavy atom. The molecule has 20 heteroatoms. The lowest BCUT2D eigenvalue weighted by atomic mass is 9.94. The van der Waals surface area contributed by atoms with Gasteiger partial charge < -0.3 is 45.5 Å². The van der Waals surface area contributed by atoms with Gasteiger partial charge in [0.05, 0.1) is 66.7 Å². The van der Waals surface area contributed by atoms with Gasteiger partial charge in [0.15, 0.2) is 17.3 Å². The number of piperazine rings is 1. The van der Waals surface area contributed by atoms with Crippen LogP contribution in [0, 0.1) is 11.7 Å². The number of piperidine rings is 1. The van der Waals surface area contributed by atoms with Gasteiger partial charge in [0.2, 0.25) is 5.91 Å². The number of nitrogens with two attached hydrogens (primary N) is 2. The zero-order valence-corrected chi connectivity index (χ0v) is 31.7. The molecule has 15 nitrogen and oxygen atoms in total. The van der Waals surface area contributed by atoms with Gasteiger partial charge in [-0.25, -0.2) is 14.1 Å². The number of aromatic nitrogens is 4. The van der Waals surface area contributed by atoms with Crippen molar-refractivity contribution in [3.63, 3.8) is 0 Å². The molecule has 0 spiro atoms. The number of hydrogen-bond acceptors (Lipinski definition) is 9. The second kappa shape index (κ2) is 16.5. The summed E-state index contributed by atoms with van der Waals surface area (Å²) in [6, 6.07) is 7.72. The van der Waals surface area contributed by atoms with Crippen LogP contribution in [0.15, 0.2) is 48.8 Å². The molecule has 304 valence electrons. The summed E-state index contributed by atoms with van der Waals surface area (Å²) in [5.74, 6) is -3.74. The number of imidazole rings is 1. The van der Waals surface area contributed by atoms with E-state index in [1.165, 1.54) is 37.4 Å². The molecule has 2 fully saturated rings. The lowest BCUT2D eigenvalue weighted by Crippen LogP contribution is -2.64. The van der Waals surface area contributed by atoms with Crippen molar-refractivity contribution in [3.05, 3.63) is 76.7 Å². The summed E-state index contributed by atoms with van der Waals surface area (Å²) in [7, 11) is 1.34. The highest BCUT2D eigenvalue weighted by atomic mass is 35.5. The van der Waals surface area contributed by atoms with Crippen molar-refractivity contribution in [1.29, 1.82) is 0 Å². The van der Waals surface area contributed by atoms with E-state index in [0.29, 0.717) is 76.1 Å². The molecule has 0 aliphatic carbocycles. The van der Waals surface area contributed by atoms with Gasteiger partial charge in [-0.3, -0.25) is 14.4 Å². The number of hydrogen-bond donors (Lipinski definition) is 3. The normalized spacial score (nSPS) is 16.1. The zero-order valence-electron chi connectivity index (χ0n) is 30.9. The van der Waals surface area contributed by atoms with E-state index < -0.39 is 35.1 Å². The highest BCUT2D eigenvalue weighted by molar-refractivity contribution is 6.34. The van der Waals surface area contributed by atoms with Crippen molar-refractivity contribution in [2.75, 3.05) is 70.0 Å². The van der Waals surface area contributed by atoms with Gasteiger partial charge >= 0.3 is 6.18 Å². The van der Waals surface area contributed by atoms with Gasteiger partial charge in [0.25, 0.3) is 11.8 Å². The predicted molar refractivity (Wildman–Crippen MR) is 198 cm³/mol. The second-order valence-corrected chi connectivity index (χ2v) is 14.7. The Morgan fingerprint density at radius 1 is 1.04 bits per heavy atom. The van der Waals surface area contributed by atoms with Gasteiger partial charge in [-0.2, -0.15) is 18.3 Å². The van der Waals surface area contributed by atoms with Crippen molar-refractivity contribution in [3.8, 4) is 16.9 Å². The molecule has 2 aliphatic rings. The van der Waals surface area contributed by atoms with E-state index in [9.17, 15) is 41.8 Å². The molecular formula is C37H41ClF4N10O5. The van der Waals surface area contributed by atoms with Crippen LogP contribution in [0.25, 0.3) is 16.9 Å². The lowest BCUT2D eigenvalue weighted by Gasteiger charge is -2.46. The minimum Gasteiger partial charge on any atom is -0.544 e. The van der Waals surface area contributed by atoms with Gasteiger partial charge in [-0.15, -0.1) is 0 Å². The Labute approximate surface area is 329 Å². The van der Waals surface area contributed by atoms with Crippen molar-refractivity contribution in [2.45, 2.75) is 25.4 Å². The van der Waals surface area contributed by atoms with Crippen LogP contribution in [-0.2, 0) is 22.8 Å². The number of amides is 3. The number of nitrogen functional groups attached to an aromatic ring is 1. The molecular weight excluding hydrogens is 776 g/mol. The Morgan fingerprint density at radius 2 is 1.74 bits per heavy atom. The second-order valence-electron chi connectivity index (χ2n) is 14.3. The highest BCUT2D eigenvalue weighted by Gasteiger charge is 2.40. The molecule has 5 N–H and O–H groups in total. The molecule has 6 rings (SSSR count). The maximum absolute atomic E-state index is 14.6. The number of carboxylic acid groups (broad SMARTS) is 1. The predicted octanol–water partition coefficient (Wildman–Crippen LogP) is 2.53. The van der Waals surface area contributed by atoms with Crippen molar-refractivity contribution >= 4 is 46.7 Å². The molecule has 3 amide bonds. The number of nitrogens with zero attached hydrogens (tertiary/aromatic N) is 7. The summed E-state index contributed by atoms with van der Waals surface area (Å²) in [6.45, 7) is 3.40. The van der Waals surface area contributed by atoms with Crippen LogP contribution in [0.4, 0.5) is 28.9 Å². The SMILES string of the molecule is Cn1c(-c2cn(-c3ccc(N)cc3F)nc2C(F)(F)F)cnc1C(=O)Nc1ccc(C(=O)N2CCC(C(=O)N3CC[N+](CCCN)(CC(=O)[O-])CC3)CC2)c(Cl)c1. The topological polar surface area (TPSA) is 198 Å². The standard InChI is InChI=1S/C37H41ClF4N10O5/c1-48-30(26-20-51(47-32(26)37(40,41)42)29-6-3-23(44)17-28(29)39)19-45-33(48)34(55)46-24-4-5-25(27(38)18-24)36(57)49-10-7-22(8-11-49)35(56)50-12-15-52(16-13-50,14-2-9-43)21-31(53)54/h3-6,17-20,22H,2,7-16,21,43-44H2,1H3,(H-,46,53,54,55,57). The third-order valence-corrected chi connectivity index (χ3v) is 10.9. The van der Waals surface area contributed by atoms with Crippen molar-refractivity contribution in [1.82, 2.24) is 29.1 Å². The molecule has 2 aromatic carbocycles. The Balaban J connectivity index is 1.07. The number of quaternary nitrogens is 1. The van der Waals surface area contributed by atoms with Crippen LogP contribution in [0.3, 0.4) is 0 Å². The number of carbonyl (C=O) groups excluding carboxylic acids is 4. The molecule has 2 aromatic heterocycles. The number of anilines is 2. The zero-order chi connectivity index (χ0) is 41.2. The molecule has 0 atom stereocenters. The van der Waals surface area contributed by atoms with Crippen LogP contribution in [-0.4, -0.2) is 116 Å². The first-order valence-corrected chi connectivity index (χ1v) is 18.6. The van der Waals surface area contributed by atoms with Crippen LogP contribution < -0.4 is 21.9 Å². The number of benzene rings is 2. The average molecular weight is 817 g/mol. The summed E-state index contributed by atoms with van der Waals surface area (Å²) in [5.41, 5.74) is 9.49. The number of carbonyl (C=O) groups is 4. The monoisotopic (exact) mass is 816 g/mol. The Hall–Kier alpha value is -5.53. The van der Waals surface area contributed by atoms with Crippen molar-refractivity contribution < 1.29 is 46.3 Å². The van der Waals surface area contributed by atoms with E-state index in [1.807, 2.05) is 0 Å². The number of likely N-dealkylation sites (tertiary alicyclic amines) is 1. The molecule has 0 saturated carbocycles. The van der Waals surface area contributed by atoms with Crippen molar-refractivity contribution in [2.24, 2.45) is 18.7 Å². The smallest absolute Gasteiger partial charge is 0.435 e. The fourth-order valence-corrected chi connectivity index (χ4v) is 7.72. The summed E-state index contributed by atoms with van der Waals surface area (Å²) in [4.78, 5) is 59.0. The molecule has 4 heterocycles. The fraction of sp³-hybridized carbons (Fsp3) is 0.405. The molecule has 0 unspecified atom stereocenters. The molecule has 2 aliphatic heterocycles. The van der Waals surface area contributed by atoms with Gasteiger partial charge in [-0.1, -0.05) is 11.6 Å². The lowest BCUT2D eigenvalue weighted by molar-refractivity contribution is -0.926. The van der Waals surface area contributed by atoms with Crippen LogP contribution in [0.2, 0.25) is 5.02 Å². The largest absolute Gasteiger partial charge is 0.544 e. The minimum atomic E-state index is -4.93. The van der Waals surface area contributed by atoms with E-state index in [-0.39, 0.29) is 63.4 Å². The van der Waals surface area contributed by atoms with Gasteiger partial charge in [0.1, 0.15) is 12.2 Å². The first kappa shape index (κ1) is 41.1. The van der Waals surface area contributed by atoms with Crippen LogP contribution in [0.5, 0.6) is 0 Å². The molecule has 0 bridgehead atoms. The fourth-order valence-electron chi connectivity index (χ4n) is 7.46. The summed E-state index contributed by atoms with van der Waals surface area (Å²) < 4.78 is 59.0. The Bertz CT molecular complexity index is 2180. The molecule has 2 saturated heterocycles. The minimum absolute atomic E-state index is 0.0189. The first-order chi connectivity index (χ1) is 27.0. The number of halogens is 5. The molecule has 0 radical (unpaired) electrons. The van der Waals surface area contributed by atoms with E-state index in [1.54, 1.807) is 9.80 Å². The molecule has 4 aromatic rings.